The molecule has 4 atom stereocenters. The number of hydrogen-bond donors (Lipinski definition) is 0. The van der Waals surface area contributed by atoms with E-state index in [-0.39, 0.29) is 5.41 Å². The summed E-state index contributed by atoms with van der Waals surface area (Å²) in [6, 6.07) is 10.3. The maximum absolute atomic E-state index is 5.90. The lowest BCUT2D eigenvalue weighted by atomic mass is 9.70. The summed E-state index contributed by atoms with van der Waals surface area (Å²) in [4.78, 5) is 0. The lowest BCUT2D eigenvalue weighted by Gasteiger charge is -2.38. The minimum atomic E-state index is 0.284. The van der Waals surface area contributed by atoms with Gasteiger partial charge in [0.1, 0.15) is 0 Å². The molecule has 3 rings (SSSR count). The highest BCUT2D eigenvalue weighted by Crippen LogP contribution is 2.68. The Kier molecular flexibility index (Phi) is 3.91. The molecule has 0 amide bonds. The van der Waals surface area contributed by atoms with E-state index < -0.39 is 0 Å². The highest BCUT2D eigenvalue weighted by molar-refractivity contribution is 7.98. The molecule has 0 radical (unpaired) electrons. The summed E-state index contributed by atoms with van der Waals surface area (Å²) in [5.74, 6) is 0.699. The summed E-state index contributed by atoms with van der Waals surface area (Å²) in [5.41, 5.74) is 1.78. The minimum absolute atomic E-state index is 0.284. The molecular weight excluding hydrogens is 278 g/mol. The van der Waals surface area contributed by atoms with E-state index >= 15 is 0 Å². The third kappa shape index (κ3) is 2.25. The molecule has 0 spiro atoms. The topological polar surface area (TPSA) is 21.6 Å². The number of benzene rings is 1. The molecule has 0 N–H and O–H groups in total. The second-order valence-corrected chi connectivity index (χ2v) is 8.12. The average molecular weight is 303 g/mol. The molecule has 114 valence electrons. The van der Waals surface area contributed by atoms with Crippen molar-refractivity contribution < 1.29 is 4.74 Å². The van der Waals surface area contributed by atoms with Gasteiger partial charge in [-0.3, -0.25) is 0 Å². The Balaban J connectivity index is 1.76. The number of fused-ring (bicyclic) bond motifs is 2. The molecule has 2 saturated carbocycles. The van der Waals surface area contributed by atoms with Crippen molar-refractivity contribution in [2.24, 2.45) is 21.1 Å². The summed E-state index contributed by atoms with van der Waals surface area (Å²) >= 11 is 1.72. The highest BCUT2D eigenvalue weighted by atomic mass is 32.2. The molecule has 0 heterocycles. The number of ether oxygens (including phenoxy) is 1. The van der Waals surface area contributed by atoms with Crippen LogP contribution in [-0.2, 0) is 4.74 Å². The van der Waals surface area contributed by atoms with E-state index in [1.165, 1.54) is 12.8 Å². The van der Waals surface area contributed by atoms with Crippen LogP contribution in [0.1, 0.15) is 39.2 Å². The van der Waals surface area contributed by atoms with Crippen LogP contribution in [0, 0.1) is 16.7 Å². The van der Waals surface area contributed by atoms with Crippen LogP contribution >= 0.6 is 11.9 Å². The smallest absolute Gasteiger partial charge is 0.0769 e. The van der Waals surface area contributed by atoms with Crippen molar-refractivity contribution in [3.8, 4) is 0 Å². The van der Waals surface area contributed by atoms with E-state index in [0.29, 0.717) is 22.7 Å². The van der Waals surface area contributed by atoms with Gasteiger partial charge >= 0.3 is 0 Å². The van der Waals surface area contributed by atoms with Gasteiger partial charge in [-0.15, -0.1) is 0 Å². The van der Waals surface area contributed by atoms with Crippen LogP contribution in [0.25, 0.3) is 0 Å². The van der Waals surface area contributed by atoms with Crippen LogP contribution in [0.3, 0.4) is 0 Å². The molecule has 0 aliphatic heterocycles. The normalized spacial score (nSPS) is 37.4. The van der Waals surface area contributed by atoms with Gasteiger partial charge < -0.3 is 4.74 Å². The molecule has 1 aromatic rings. The van der Waals surface area contributed by atoms with Gasteiger partial charge in [-0.25, -0.2) is 4.40 Å². The summed E-state index contributed by atoms with van der Waals surface area (Å²) < 4.78 is 10.6. The molecule has 21 heavy (non-hydrogen) atoms. The Morgan fingerprint density at radius 2 is 1.95 bits per heavy atom. The van der Waals surface area contributed by atoms with Crippen LogP contribution in [0.5, 0.6) is 0 Å². The second-order valence-electron chi connectivity index (χ2n) is 7.16. The molecular formula is C18H25NOS. The van der Waals surface area contributed by atoms with Crippen LogP contribution in [-0.4, -0.2) is 24.7 Å². The number of hydrogen-bond acceptors (Lipinski definition) is 3. The van der Waals surface area contributed by atoms with E-state index in [9.17, 15) is 0 Å². The van der Waals surface area contributed by atoms with Crippen molar-refractivity contribution in [2.75, 3.05) is 7.11 Å². The van der Waals surface area contributed by atoms with E-state index in [2.05, 4.69) is 37.3 Å². The monoisotopic (exact) mass is 303 g/mol. The number of rotatable bonds is 4. The van der Waals surface area contributed by atoms with Crippen molar-refractivity contribution in [2.45, 2.75) is 45.0 Å². The minimum Gasteiger partial charge on any atom is -0.380 e. The molecule has 2 fully saturated rings. The number of nitrogens with zero attached hydrogens (tertiary/aromatic N) is 1. The Morgan fingerprint density at radius 1 is 1.24 bits per heavy atom. The molecule has 1 aromatic carbocycles. The first-order chi connectivity index (χ1) is 10.0. The Morgan fingerprint density at radius 3 is 2.62 bits per heavy atom. The van der Waals surface area contributed by atoms with Crippen molar-refractivity contribution in [3.63, 3.8) is 0 Å². The molecule has 3 heteroatoms. The van der Waals surface area contributed by atoms with Crippen LogP contribution < -0.4 is 0 Å². The molecule has 0 saturated heterocycles. The van der Waals surface area contributed by atoms with Crippen molar-refractivity contribution >= 4 is 18.2 Å². The Hall–Kier alpha value is -0.800. The third-order valence-electron chi connectivity index (χ3n) is 6.13. The zero-order valence-corrected chi connectivity index (χ0v) is 14.2. The maximum atomic E-state index is 5.90. The van der Waals surface area contributed by atoms with Gasteiger partial charge in [-0.2, -0.15) is 0 Å². The zero-order chi connectivity index (χ0) is 15.1. The van der Waals surface area contributed by atoms with Gasteiger partial charge in [0, 0.05) is 18.7 Å². The second kappa shape index (κ2) is 5.44. The Labute approximate surface area is 132 Å². The predicted molar refractivity (Wildman–Crippen MR) is 90.8 cm³/mol. The van der Waals surface area contributed by atoms with Crippen molar-refractivity contribution in [1.82, 2.24) is 0 Å². The first kappa shape index (κ1) is 15.1. The van der Waals surface area contributed by atoms with E-state index in [1.54, 1.807) is 11.9 Å². The number of methoxy groups -OCH3 is 1. The van der Waals surface area contributed by atoms with E-state index in [4.69, 9.17) is 4.74 Å². The van der Waals surface area contributed by atoms with Gasteiger partial charge in [0.25, 0.3) is 0 Å². The molecule has 2 bridgehead atoms. The van der Waals surface area contributed by atoms with Crippen LogP contribution in [0.4, 0.5) is 0 Å². The quantitative estimate of drug-likeness (QED) is 0.599. The maximum Gasteiger partial charge on any atom is 0.0769 e. The fourth-order valence-electron chi connectivity index (χ4n) is 4.44. The lowest BCUT2D eigenvalue weighted by molar-refractivity contribution is -0.0176. The largest absolute Gasteiger partial charge is 0.380 e. The lowest BCUT2D eigenvalue weighted by Crippen LogP contribution is -2.39. The van der Waals surface area contributed by atoms with E-state index in [0.717, 1.165) is 5.56 Å². The third-order valence-corrected chi connectivity index (χ3v) is 7.18. The van der Waals surface area contributed by atoms with Crippen molar-refractivity contribution in [1.29, 1.82) is 0 Å². The zero-order valence-electron chi connectivity index (χ0n) is 13.4. The predicted octanol–water partition coefficient (Wildman–Crippen LogP) is 4.59. The SMILES string of the molecule is COC1C(S/N=C/c2ccccc2)[C@H]2CC[C@]1(C)C2(C)C. The van der Waals surface area contributed by atoms with Crippen LogP contribution in [0.2, 0.25) is 0 Å². The van der Waals surface area contributed by atoms with Gasteiger partial charge in [0.2, 0.25) is 0 Å². The summed E-state index contributed by atoms with van der Waals surface area (Å²) in [6.45, 7) is 7.24. The molecule has 0 aromatic heterocycles. The van der Waals surface area contributed by atoms with E-state index in [1.807, 2.05) is 31.5 Å². The fourth-order valence-corrected chi connectivity index (χ4v) is 5.91. The first-order valence-electron chi connectivity index (χ1n) is 7.78. The fraction of sp³-hybridized carbons (Fsp3) is 0.611. The average Bonchev–Trinajstić information content (AvgIpc) is 2.79. The standard InChI is InChI=1S/C18H25NOS/c1-17(2)14-10-11-18(17,3)16(20-4)15(14)21-19-12-13-8-6-5-7-9-13/h5-9,12,14-16H,10-11H2,1-4H3/b19-12+/t14-,15?,16?,18+/m1/s1. The molecule has 2 aliphatic rings. The van der Waals surface area contributed by atoms with Gasteiger partial charge in [0.05, 0.1) is 11.4 Å². The van der Waals surface area contributed by atoms with Gasteiger partial charge in [0.15, 0.2) is 0 Å². The highest BCUT2D eigenvalue weighted by Gasteiger charge is 2.66. The van der Waals surface area contributed by atoms with Crippen LogP contribution in [0.15, 0.2) is 34.7 Å². The molecule has 2 aliphatic carbocycles. The summed E-state index contributed by atoms with van der Waals surface area (Å²) in [5, 5.41) is 0.476. The Bertz CT molecular complexity index is 527. The molecule has 2 unspecified atom stereocenters. The van der Waals surface area contributed by atoms with Crippen molar-refractivity contribution in [3.05, 3.63) is 35.9 Å². The summed E-state index contributed by atoms with van der Waals surface area (Å²) in [7, 11) is 1.86. The van der Waals surface area contributed by atoms with Gasteiger partial charge in [-0.05, 0) is 41.7 Å². The van der Waals surface area contributed by atoms with Gasteiger partial charge in [-0.1, -0.05) is 51.1 Å². The first-order valence-corrected chi connectivity index (χ1v) is 8.61. The summed E-state index contributed by atoms with van der Waals surface area (Å²) in [6.07, 6.45) is 4.87. The molecule has 2 nitrogen and oxygen atoms in total.